The minimum atomic E-state index is -3.61. The number of aromatic nitrogens is 1. The molecule has 1 N–H and O–H groups in total. The Bertz CT molecular complexity index is 840. The highest BCUT2D eigenvalue weighted by molar-refractivity contribution is 7.89. The third-order valence-corrected chi connectivity index (χ3v) is 5.45. The molecule has 1 aliphatic rings. The lowest BCUT2D eigenvalue weighted by Gasteiger charge is -2.26. The molecule has 0 unspecified atom stereocenters. The van der Waals surface area contributed by atoms with Crippen molar-refractivity contribution in [3.05, 3.63) is 41.8 Å². The zero-order valence-corrected chi connectivity index (χ0v) is 13.9. The lowest BCUT2D eigenvalue weighted by molar-refractivity contribution is 0.0730. The first kappa shape index (κ1) is 16.6. The van der Waals surface area contributed by atoms with Crippen molar-refractivity contribution in [1.29, 1.82) is 0 Å². The molecule has 0 spiro atoms. The maximum atomic E-state index is 12.6. The molecule has 1 aliphatic heterocycles. The van der Waals surface area contributed by atoms with E-state index in [4.69, 9.17) is 9.26 Å². The van der Waals surface area contributed by atoms with Crippen LogP contribution in [0.15, 0.2) is 39.8 Å². The summed E-state index contributed by atoms with van der Waals surface area (Å²) in [7, 11) is -3.61. The van der Waals surface area contributed by atoms with E-state index in [0.717, 1.165) is 0 Å². The minimum absolute atomic E-state index is 0.0638. The number of morpholine rings is 1. The monoisotopic (exact) mass is 351 g/mol. The number of nitrogens with zero attached hydrogens (tertiary/aromatic N) is 2. The number of amides is 1. The van der Waals surface area contributed by atoms with Crippen molar-refractivity contribution >= 4 is 21.6 Å². The summed E-state index contributed by atoms with van der Waals surface area (Å²) in [6, 6.07) is 7.61. The van der Waals surface area contributed by atoms with Crippen molar-refractivity contribution in [3.8, 4) is 0 Å². The van der Waals surface area contributed by atoms with Crippen molar-refractivity contribution in [2.24, 2.45) is 0 Å². The van der Waals surface area contributed by atoms with Gasteiger partial charge in [-0.3, -0.25) is 4.79 Å². The number of rotatable bonds is 4. The molecular weight excluding hydrogens is 334 g/mol. The van der Waals surface area contributed by atoms with Gasteiger partial charge in [-0.25, -0.2) is 8.42 Å². The van der Waals surface area contributed by atoms with Crippen LogP contribution in [-0.2, 0) is 14.8 Å². The number of benzene rings is 1. The molecule has 0 atom stereocenters. The Hall–Kier alpha value is -2.23. The lowest BCUT2D eigenvalue weighted by Crippen LogP contribution is -2.40. The Morgan fingerprint density at radius 1 is 1.25 bits per heavy atom. The molecule has 2 heterocycles. The molecule has 2 aromatic rings. The molecule has 128 valence electrons. The normalized spacial score (nSPS) is 16.0. The fraction of sp³-hybridized carbons (Fsp3) is 0.333. The summed E-state index contributed by atoms with van der Waals surface area (Å²) in [6.07, 6.45) is 0. The standard InChI is InChI=1S/C15H17N3O5S/c1-11-9-14(23-17-11)15(19)16-12-3-2-4-13(10-12)24(20,21)18-5-7-22-8-6-18/h2-4,9-10H,5-8H2,1H3,(H,16,19). The molecule has 1 aromatic carbocycles. The predicted octanol–water partition coefficient (Wildman–Crippen LogP) is 1.26. The predicted molar refractivity (Wildman–Crippen MR) is 85.2 cm³/mol. The Labute approximate surface area is 139 Å². The van der Waals surface area contributed by atoms with Crippen molar-refractivity contribution in [3.63, 3.8) is 0 Å². The van der Waals surface area contributed by atoms with Crippen molar-refractivity contribution in [1.82, 2.24) is 9.46 Å². The number of hydrogen-bond donors (Lipinski definition) is 1. The van der Waals surface area contributed by atoms with Crippen molar-refractivity contribution in [2.75, 3.05) is 31.6 Å². The molecule has 8 nitrogen and oxygen atoms in total. The first-order chi connectivity index (χ1) is 11.5. The summed E-state index contributed by atoms with van der Waals surface area (Å²) >= 11 is 0. The second-order valence-corrected chi connectivity index (χ2v) is 7.27. The molecule has 9 heteroatoms. The molecule has 0 aliphatic carbocycles. The van der Waals surface area contributed by atoms with E-state index < -0.39 is 15.9 Å². The number of anilines is 1. The fourth-order valence-corrected chi connectivity index (χ4v) is 3.79. The number of nitrogens with one attached hydrogen (secondary N) is 1. The second kappa shape index (κ2) is 6.71. The van der Waals surface area contributed by atoms with E-state index in [0.29, 0.717) is 37.7 Å². The van der Waals surface area contributed by atoms with E-state index in [1.54, 1.807) is 19.1 Å². The number of hydrogen-bond acceptors (Lipinski definition) is 6. The van der Waals surface area contributed by atoms with Crippen LogP contribution >= 0.6 is 0 Å². The quantitative estimate of drug-likeness (QED) is 0.890. The molecule has 0 radical (unpaired) electrons. The van der Waals surface area contributed by atoms with Crippen LogP contribution in [0.4, 0.5) is 5.69 Å². The van der Waals surface area contributed by atoms with Crippen LogP contribution in [-0.4, -0.2) is 50.1 Å². The summed E-state index contributed by atoms with van der Waals surface area (Å²) < 4.78 is 36.7. The first-order valence-corrected chi connectivity index (χ1v) is 8.83. The van der Waals surface area contributed by atoms with Gasteiger partial charge >= 0.3 is 0 Å². The smallest absolute Gasteiger partial charge is 0.294 e. The van der Waals surface area contributed by atoms with E-state index in [-0.39, 0.29) is 10.7 Å². The van der Waals surface area contributed by atoms with Crippen LogP contribution in [0, 0.1) is 6.92 Å². The van der Waals surface area contributed by atoms with Crippen LogP contribution in [0.5, 0.6) is 0 Å². The number of aryl methyl sites for hydroxylation is 1. The van der Waals surface area contributed by atoms with Gasteiger partial charge in [0.1, 0.15) is 0 Å². The van der Waals surface area contributed by atoms with Crippen LogP contribution in [0.1, 0.15) is 16.2 Å². The number of sulfonamides is 1. The zero-order chi connectivity index (χ0) is 17.2. The van der Waals surface area contributed by atoms with E-state index >= 15 is 0 Å². The number of carbonyl (C=O) groups excluding carboxylic acids is 1. The Morgan fingerprint density at radius 3 is 2.67 bits per heavy atom. The molecule has 1 saturated heterocycles. The highest BCUT2D eigenvalue weighted by Crippen LogP contribution is 2.21. The third-order valence-electron chi connectivity index (χ3n) is 3.55. The van der Waals surface area contributed by atoms with E-state index in [1.165, 1.54) is 22.5 Å². The largest absolute Gasteiger partial charge is 0.379 e. The maximum absolute atomic E-state index is 12.6. The third kappa shape index (κ3) is 3.48. The Morgan fingerprint density at radius 2 is 2.00 bits per heavy atom. The van der Waals surface area contributed by atoms with Crippen LogP contribution < -0.4 is 5.32 Å². The van der Waals surface area contributed by atoms with Gasteiger partial charge in [0, 0.05) is 24.8 Å². The van der Waals surface area contributed by atoms with Gasteiger partial charge in [-0.15, -0.1) is 0 Å². The molecule has 0 bridgehead atoms. The molecule has 1 amide bonds. The van der Waals surface area contributed by atoms with Gasteiger partial charge in [0.15, 0.2) is 0 Å². The second-order valence-electron chi connectivity index (χ2n) is 5.33. The zero-order valence-electron chi connectivity index (χ0n) is 13.1. The van der Waals surface area contributed by atoms with Gasteiger partial charge in [-0.1, -0.05) is 11.2 Å². The SMILES string of the molecule is Cc1cc(C(=O)Nc2cccc(S(=O)(=O)N3CCOCC3)c2)on1. The average Bonchev–Trinajstić information content (AvgIpc) is 3.02. The fourth-order valence-electron chi connectivity index (χ4n) is 2.33. The summed E-state index contributed by atoms with van der Waals surface area (Å²) in [4.78, 5) is 12.2. The van der Waals surface area contributed by atoms with Gasteiger partial charge in [0.2, 0.25) is 15.8 Å². The summed E-state index contributed by atoms with van der Waals surface area (Å²) in [6.45, 7) is 3.09. The van der Waals surface area contributed by atoms with Gasteiger partial charge in [0.25, 0.3) is 5.91 Å². The summed E-state index contributed by atoms with van der Waals surface area (Å²) in [5.41, 5.74) is 0.951. The summed E-state index contributed by atoms with van der Waals surface area (Å²) in [5, 5.41) is 6.25. The summed E-state index contributed by atoms with van der Waals surface area (Å²) in [5.74, 6) is -0.426. The van der Waals surface area contributed by atoms with Crippen LogP contribution in [0.2, 0.25) is 0 Å². The molecule has 1 aromatic heterocycles. The number of ether oxygens (including phenoxy) is 1. The van der Waals surface area contributed by atoms with Gasteiger partial charge < -0.3 is 14.6 Å². The van der Waals surface area contributed by atoms with Crippen molar-refractivity contribution < 1.29 is 22.5 Å². The maximum Gasteiger partial charge on any atom is 0.294 e. The molecule has 3 rings (SSSR count). The average molecular weight is 351 g/mol. The molecule has 1 fully saturated rings. The van der Waals surface area contributed by atoms with E-state index in [9.17, 15) is 13.2 Å². The highest BCUT2D eigenvalue weighted by Gasteiger charge is 2.26. The Kier molecular flexibility index (Phi) is 4.65. The van der Waals surface area contributed by atoms with Gasteiger partial charge in [-0.05, 0) is 25.1 Å². The minimum Gasteiger partial charge on any atom is -0.379 e. The molecule has 0 saturated carbocycles. The van der Waals surface area contributed by atoms with Gasteiger partial charge in [0.05, 0.1) is 23.8 Å². The van der Waals surface area contributed by atoms with Crippen LogP contribution in [0.3, 0.4) is 0 Å². The van der Waals surface area contributed by atoms with Gasteiger partial charge in [-0.2, -0.15) is 4.31 Å². The van der Waals surface area contributed by atoms with E-state index in [2.05, 4.69) is 10.5 Å². The topological polar surface area (TPSA) is 102 Å². The molecular formula is C15H17N3O5S. The molecule has 24 heavy (non-hydrogen) atoms. The number of carbonyl (C=O) groups is 1. The first-order valence-electron chi connectivity index (χ1n) is 7.39. The lowest BCUT2D eigenvalue weighted by atomic mass is 10.3. The van der Waals surface area contributed by atoms with E-state index in [1.807, 2.05) is 0 Å². The van der Waals surface area contributed by atoms with Crippen molar-refractivity contribution in [2.45, 2.75) is 11.8 Å². The highest BCUT2D eigenvalue weighted by atomic mass is 32.2. The Balaban J connectivity index is 1.80. The van der Waals surface area contributed by atoms with Crippen LogP contribution in [0.25, 0.3) is 0 Å².